The lowest BCUT2D eigenvalue weighted by Gasteiger charge is -2.21. The van der Waals surface area contributed by atoms with E-state index in [1.165, 1.54) is 6.92 Å². The van der Waals surface area contributed by atoms with Gasteiger partial charge in [-0.1, -0.05) is 41.9 Å². The molecular weight excluding hydrogens is 546 g/mol. The first-order valence-electron chi connectivity index (χ1n) is 10.1. The Bertz CT molecular complexity index is 1210. The number of carbonyl (C=O) groups excluding carboxylic acids is 1. The molecule has 0 saturated heterocycles. The predicted octanol–water partition coefficient (Wildman–Crippen LogP) is 5.58. The molecule has 2 N–H and O–H groups in total. The summed E-state index contributed by atoms with van der Waals surface area (Å²) in [5, 5.41) is 19.1. The number of hydrogen-bond donors (Lipinski definition) is 2. The molecule has 0 radical (unpaired) electrons. The Morgan fingerprint density at radius 1 is 1.09 bits per heavy atom. The first-order chi connectivity index (χ1) is 16.2. The van der Waals surface area contributed by atoms with Crippen molar-refractivity contribution in [1.29, 1.82) is 0 Å². The van der Waals surface area contributed by atoms with Crippen molar-refractivity contribution in [1.82, 2.24) is 4.90 Å². The van der Waals surface area contributed by atoms with Gasteiger partial charge in [0.1, 0.15) is 0 Å². The van der Waals surface area contributed by atoms with Crippen molar-refractivity contribution in [2.45, 2.75) is 19.9 Å². The van der Waals surface area contributed by atoms with Crippen molar-refractivity contribution >= 4 is 56.7 Å². The SMILES string of the molecule is CC(=O)N(CCc1ccc(Cl)cc1)Cc1cccc(-c2sc(C(=O)O)c(OCC(=O)O)c2Br)c1. The van der Waals surface area contributed by atoms with Crippen LogP contribution in [0.4, 0.5) is 0 Å². The van der Waals surface area contributed by atoms with E-state index in [4.69, 9.17) is 21.4 Å². The lowest BCUT2D eigenvalue weighted by atomic mass is 10.1. The summed E-state index contributed by atoms with van der Waals surface area (Å²) in [6.45, 7) is 1.78. The van der Waals surface area contributed by atoms with Gasteiger partial charge in [-0.05, 0) is 57.2 Å². The van der Waals surface area contributed by atoms with E-state index in [2.05, 4.69) is 15.9 Å². The average Bonchev–Trinajstić information content (AvgIpc) is 3.12. The van der Waals surface area contributed by atoms with Gasteiger partial charge < -0.3 is 19.8 Å². The van der Waals surface area contributed by atoms with Gasteiger partial charge in [0.2, 0.25) is 5.91 Å². The Kier molecular flexibility index (Phi) is 8.71. The van der Waals surface area contributed by atoms with Crippen LogP contribution in [0.2, 0.25) is 5.02 Å². The number of amides is 1. The molecule has 0 aliphatic carbocycles. The molecule has 10 heteroatoms. The first-order valence-corrected chi connectivity index (χ1v) is 12.1. The number of rotatable bonds is 10. The van der Waals surface area contributed by atoms with E-state index >= 15 is 0 Å². The Balaban J connectivity index is 1.82. The zero-order valence-corrected chi connectivity index (χ0v) is 21.2. The Morgan fingerprint density at radius 2 is 1.79 bits per heavy atom. The molecular formula is C24H21BrClNO6S. The highest BCUT2D eigenvalue weighted by molar-refractivity contribution is 9.10. The molecule has 34 heavy (non-hydrogen) atoms. The molecule has 1 amide bonds. The highest BCUT2D eigenvalue weighted by Gasteiger charge is 2.24. The number of halogens is 2. The van der Waals surface area contributed by atoms with Gasteiger partial charge in [-0.25, -0.2) is 9.59 Å². The normalized spacial score (nSPS) is 10.7. The molecule has 3 aromatic rings. The van der Waals surface area contributed by atoms with Crippen LogP contribution >= 0.6 is 38.9 Å². The number of carboxylic acids is 2. The van der Waals surface area contributed by atoms with Gasteiger partial charge in [0.05, 0.1) is 9.35 Å². The molecule has 0 unspecified atom stereocenters. The van der Waals surface area contributed by atoms with Gasteiger partial charge in [0.25, 0.3) is 0 Å². The number of hydrogen-bond acceptors (Lipinski definition) is 5. The maximum Gasteiger partial charge on any atom is 0.349 e. The molecule has 0 fully saturated rings. The van der Waals surface area contributed by atoms with Crippen LogP contribution in [0, 0.1) is 0 Å². The Morgan fingerprint density at radius 3 is 2.41 bits per heavy atom. The van der Waals surface area contributed by atoms with Gasteiger partial charge >= 0.3 is 11.9 Å². The Labute approximate surface area is 213 Å². The van der Waals surface area contributed by atoms with E-state index < -0.39 is 18.5 Å². The van der Waals surface area contributed by atoms with Gasteiger partial charge in [-0.3, -0.25) is 4.79 Å². The maximum absolute atomic E-state index is 12.3. The molecule has 0 spiro atoms. The fourth-order valence-electron chi connectivity index (χ4n) is 3.28. The highest BCUT2D eigenvalue weighted by Crippen LogP contribution is 2.45. The van der Waals surface area contributed by atoms with Crippen molar-refractivity contribution < 1.29 is 29.3 Å². The van der Waals surface area contributed by atoms with E-state index in [-0.39, 0.29) is 16.5 Å². The highest BCUT2D eigenvalue weighted by atomic mass is 79.9. The second-order valence-electron chi connectivity index (χ2n) is 7.41. The second kappa shape index (κ2) is 11.5. The molecule has 2 aromatic carbocycles. The van der Waals surface area contributed by atoms with E-state index in [1.807, 2.05) is 48.5 Å². The summed E-state index contributed by atoms with van der Waals surface area (Å²) in [7, 11) is 0. The summed E-state index contributed by atoms with van der Waals surface area (Å²) in [5.41, 5.74) is 2.67. The molecule has 0 saturated carbocycles. The van der Waals surface area contributed by atoms with Gasteiger partial charge in [-0.15, -0.1) is 11.3 Å². The standard InChI is InChI=1S/C24H21BrClNO6S/c1-14(28)27(10-9-15-5-7-18(26)8-6-15)12-16-3-2-4-17(11-16)22-20(25)21(33-13-19(29)30)23(34-22)24(31)32/h2-8,11H,9-10,12-13H2,1H3,(H,29,30)(H,31,32). The van der Waals surface area contributed by atoms with E-state index in [1.54, 1.807) is 4.90 Å². The third-order valence-electron chi connectivity index (χ3n) is 4.93. The molecule has 178 valence electrons. The van der Waals surface area contributed by atoms with Crippen LogP contribution < -0.4 is 4.74 Å². The average molecular weight is 567 g/mol. The van der Waals surface area contributed by atoms with Crippen LogP contribution in [0.15, 0.2) is 53.0 Å². The number of ether oxygens (including phenoxy) is 1. The zero-order chi connectivity index (χ0) is 24.8. The molecule has 0 atom stereocenters. The molecule has 1 aromatic heterocycles. The monoisotopic (exact) mass is 565 g/mol. The number of aliphatic carboxylic acids is 1. The summed E-state index contributed by atoms with van der Waals surface area (Å²) in [6, 6.07) is 14.9. The van der Waals surface area contributed by atoms with Crippen molar-refractivity contribution in [3.8, 4) is 16.2 Å². The van der Waals surface area contributed by atoms with Crippen LogP contribution in [0.5, 0.6) is 5.75 Å². The summed E-state index contributed by atoms with van der Waals surface area (Å²) < 4.78 is 5.60. The number of nitrogens with zero attached hydrogens (tertiary/aromatic N) is 1. The minimum absolute atomic E-state index is 0.0198. The fraction of sp³-hybridized carbons (Fsp3) is 0.208. The van der Waals surface area contributed by atoms with Crippen LogP contribution in [0.25, 0.3) is 10.4 Å². The largest absolute Gasteiger partial charge is 0.479 e. The van der Waals surface area contributed by atoms with Crippen molar-refractivity contribution in [3.05, 3.63) is 74.0 Å². The topological polar surface area (TPSA) is 104 Å². The summed E-state index contributed by atoms with van der Waals surface area (Å²) in [4.78, 5) is 37.0. The maximum atomic E-state index is 12.3. The van der Waals surface area contributed by atoms with Gasteiger partial charge in [0.15, 0.2) is 17.2 Å². The van der Waals surface area contributed by atoms with Crippen molar-refractivity contribution in [2.75, 3.05) is 13.2 Å². The first kappa shape index (κ1) is 25.7. The van der Waals surface area contributed by atoms with E-state index in [9.17, 15) is 19.5 Å². The van der Waals surface area contributed by atoms with Gasteiger partial charge in [-0.2, -0.15) is 0 Å². The summed E-state index contributed by atoms with van der Waals surface area (Å²) in [6.07, 6.45) is 0.680. The molecule has 1 heterocycles. The zero-order valence-electron chi connectivity index (χ0n) is 18.1. The lowest BCUT2D eigenvalue weighted by Crippen LogP contribution is -2.30. The molecule has 7 nitrogen and oxygen atoms in total. The quantitative estimate of drug-likeness (QED) is 0.332. The van der Waals surface area contributed by atoms with E-state index in [0.29, 0.717) is 33.9 Å². The summed E-state index contributed by atoms with van der Waals surface area (Å²) >= 11 is 10.3. The lowest BCUT2D eigenvalue weighted by molar-refractivity contribution is -0.139. The molecule has 0 aliphatic heterocycles. The fourth-order valence-corrected chi connectivity index (χ4v) is 5.29. The smallest absolute Gasteiger partial charge is 0.349 e. The third kappa shape index (κ3) is 6.59. The number of carbonyl (C=O) groups is 3. The minimum Gasteiger partial charge on any atom is -0.479 e. The molecule has 0 aliphatic rings. The van der Waals surface area contributed by atoms with Crippen LogP contribution in [-0.2, 0) is 22.6 Å². The van der Waals surface area contributed by atoms with Crippen LogP contribution in [-0.4, -0.2) is 46.1 Å². The summed E-state index contributed by atoms with van der Waals surface area (Å²) in [5.74, 6) is -2.50. The molecule has 0 bridgehead atoms. The van der Waals surface area contributed by atoms with Crippen molar-refractivity contribution in [2.24, 2.45) is 0 Å². The predicted molar refractivity (Wildman–Crippen MR) is 134 cm³/mol. The minimum atomic E-state index is -1.21. The van der Waals surface area contributed by atoms with E-state index in [0.717, 1.165) is 28.0 Å². The van der Waals surface area contributed by atoms with Crippen LogP contribution in [0.1, 0.15) is 27.7 Å². The Hall–Kier alpha value is -2.88. The number of carboxylic acid groups (broad SMARTS) is 2. The van der Waals surface area contributed by atoms with Crippen LogP contribution in [0.3, 0.4) is 0 Å². The van der Waals surface area contributed by atoms with Gasteiger partial charge in [0, 0.05) is 25.0 Å². The number of benzene rings is 2. The number of thiophene rings is 1. The second-order valence-corrected chi connectivity index (χ2v) is 9.66. The van der Waals surface area contributed by atoms with Crippen molar-refractivity contribution in [3.63, 3.8) is 0 Å². The third-order valence-corrected chi connectivity index (χ3v) is 7.41. The number of aromatic carboxylic acids is 1. The molecule has 3 rings (SSSR count).